The molecule has 1 saturated heterocycles. The quantitative estimate of drug-likeness (QED) is 0.652. The van der Waals surface area contributed by atoms with Gasteiger partial charge in [-0.3, -0.25) is 0 Å². The first-order valence-electron chi connectivity index (χ1n) is 6.68. The van der Waals surface area contributed by atoms with E-state index in [1.807, 2.05) is 6.08 Å². The van der Waals surface area contributed by atoms with Crippen LogP contribution in [0.1, 0.15) is 47.0 Å². The topological polar surface area (TPSA) is 29.5 Å². The van der Waals surface area contributed by atoms with Crippen LogP contribution in [0.5, 0.6) is 0 Å². The van der Waals surface area contributed by atoms with Crippen molar-refractivity contribution in [2.75, 3.05) is 0 Å². The van der Waals surface area contributed by atoms with Crippen molar-refractivity contribution in [3.05, 3.63) is 22.8 Å². The molecule has 4 atom stereocenters. The van der Waals surface area contributed by atoms with Gasteiger partial charge in [-0.15, -0.1) is 0 Å². The lowest BCUT2D eigenvalue weighted by atomic mass is 9.79. The van der Waals surface area contributed by atoms with E-state index in [1.54, 1.807) is 0 Å². The molecular formula is C15H22O2. The van der Waals surface area contributed by atoms with Gasteiger partial charge in [0.05, 0.1) is 5.60 Å². The smallest absolute Gasteiger partial charge is 0.209 e. The molecule has 3 rings (SSSR count). The predicted octanol–water partition coefficient (Wildman–Crippen LogP) is 3.18. The van der Waals surface area contributed by atoms with Crippen LogP contribution in [-0.4, -0.2) is 16.5 Å². The van der Waals surface area contributed by atoms with E-state index in [1.165, 1.54) is 24.0 Å². The van der Waals surface area contributed by atoms with Crippen molar-refractivity contribution in [3.8, 4) is 0 Å². The third-order valence-electron chi connectivity index (χ3n) is 5.12. The molecule has 1 spiro atoms. The number of fused-ring (bicyclic) bond motifs is 1. The Morgan fingerprint density at radius 1 is 1.41 bits per heavy atom. The standard InChI is InChI=1S/C15H22O2/c1-9(2)13-8-14-11(4)5-6-12(14)10(3)7-15(13,16)17-14/h7,11-12,16H,5-6,8H2,1-4H3/t11-,12-,14-,15+/m1/s1. The molecular weight excluding hydrogens is 212 g/mol. The largest absolute Gasteiger partial charge is 0.359 e. The summed E-state index contributed by atoms with van der Waals surface area (Å²) in [6.45, 7) is 8.57. The van der Waals surface area contributed by atoms with Crippen LogP contribution in [0, 0.1) is 11.8 Å². The van der Waals surface area contributed by atoms with Crippen LogP contribution in [0.2, 0.25) is 0 Å². The number of rotatable bonds is 0. The zero-order valence-electron chi connectivity index (χ0n) is 11.2. The minimum Gasteiger partial charge on any atom is -0.359 e. The molecule has 0 aromatic heterocycles. The van der Waals surface area contributed by atoms with E-state index in [-0.39, 0.29) is 5.60 Å². The number of hydrogen-bond donors (Lipinski definition) is 1. The maximum absolute atomic E-state index is 10.7. The Bertz CT molecular complexity index is 430. The number of aliphatic hydroxyl groups is 1. The molecule has 2 bridgehead atoms. The van der Waals surface area contributed by atoms with Crippen molar-refractivity contribution in [3.63, 3.8) is 0 Å². The molecule has 0 unspecified atom stereocenters. The zero-order valence-corrected chi connectivity index (χ0v) is 11.2. The molecule has 0 amide bonds. The van der Waals surface area contributed by atoms with Crippen molar-refractivity contribution < 1.29 is 9.84 Å². The number of hydrogen-bond acceptors (Lipinski definition) is 2. The van der Waals surface area contributed by atoms with E-state index in [2.05, 4.69) is 27.7 Å². The maximum Gasteiger partial charge on any atom is 0.209 e. The second-order valence-electron chi connectivity index (χ2n) is 6.33. The lowest BCUT2D eigenvalue weighted by Crippen LogP contribution is -2.45. The summed E-state index contributed by atoms with van der Waals surface area (Å²) in [5.74, 6) is -0.0629. The average molecular weight is 234 g/mol. The normalized spacial score (nSPS) is 48.1. The molecule has 0 radical (unpaired) electrons. The van der Waals surface area contributed by atoms with Crippen molar-refractivity contribution in [1.29, 1.82) is 0 Å². The molecule has 1 saturated carbocycles. The number of allylic oxidation sites excluding steroid dienone is 1. The van der Waals surface area contributed by atoms with Gasteiger partial charge in [-0.1, -0.05) is 18.1 Å². The molecule has 0 aromatic carbocycles. The summed E-state index contributed by atoms with van der Waals surface area (Å²) in [5.41, 5.74) is 3.49. The van der Waals surface area contributed by atoms with Crippen molar-refractivity contribution in [2.24, 2.45) is 11.8 Å². The van der Waals surface area contributed by atoms with Gasteiger partial charge in [-0.05, 0) is 51.2 Å². The van der Waals surface area contributed by atoms with Crippen LogP contribution < -0.4 is 0 Å². The summed E-state index contributed by atoms with van der Waals surface area (Å²) < 4.78 is 6.17. The van der Waals surface area contributed by atoms with E-state index in [9.17, 15) is 5.11 Å². The van der Waals surface area contributed by atoms with Crippen molar-refractivity contribution in [2.45, 2.75) is 58.3 Å². The first kappa shape index (κ1) is 11.5. The predicted molar refractivity (Wildman–Crippen MR) is 67.4 cm³/mol. The second kappa shape index (κ2) is 3.24. The van der Waals surface area contributed by atoms with E-state index >= 15 is 0 Å². The SMILES string of the molecule is CC1=C[C@]2(O)O[C@]3(CC2=C(C)C)[C@H](C)CC[C@H]13. The Kier molecular flexibility index (Phi) is 2.19. The highest BCUT2D eigenvalue weighted by Gasteiger charge is 2.62. The van der Waals surface area contributed by atoms with Crippen molar-refractivity contribution in [1.82, 2.24) is 0 Å². The summed E-state index contributed by atoms with van der Waals surface area (Å²) in [7, 11) is 0. The van der Waals surface area contributed by atoms with Crippen LogP contribution in [-0.2, 0) is 4.74 Å². The Labute approximate surface area is 103 Å². The van der Waals surface area contributed by atoms with Crippen LogP contribution in [0.4, 0.5) is 0 Å². The molecule has 2 aliphatic heterocycles. The Hall–Kier alpha value is -0.600. The van der Waals surface area contributed by atoms with Gasteiger partial charge in [0.25, 0.3) is 0 Å². The fourth-order valence-corrected chi connectivity index (χ4v) is 4.18. The molecule has 1 aliphatic carbocycles. The summed E-state index contributed by atoms with van der Waals surface area (Å²) in [4.78, 5) is 0. The molecule has 3 aliphatic rings. The van der Waals surface area contributed by atoms with Crippen LogP contribution in [0.15, 0.2) is 22.8 Å². The van der Waals surface area contributed by atoms with Gasteiger partial charge >= 0.3 is 0 Å². The molecule has 17 heavy (non-hydrogen) atoms. The fraction of sp³-hybridized carbons (Fsp3) is 0.733. The first-order chi connectivity index (χ1) is 7.89. The summed E-state index contributed by atoms with van der Waals surface area (Å²) >= 11 is 0. The van der Waals surface area contributed by atoms with Gasteiger partial charge in [-0.2, -0.15) is 0 Å². The average Bonchev–Trinajstić information content (AvgIpc) is 2.65. The highest BCUT2D eigenvalue weighted by Crippen LogP contribution is 2.60. The van der Waals surface area contributed by atoms with E-state index < -0.39 is 5.79 Å². The molecule has 2 heteroatoms. The highest BCUT2D eigenvalue weighted by molar-refractivity contribution is 5.40. The Balaban J connectivity index is 2.18. The fourth-order valence-electron chi connectivity index (χ4n) is 4.18. The monoisotopic (exact) mass is 234 g/mol. The molecule has 1 N–H and O–H groups in total. The molecule has 2 fully saturated rings. The van der Waals surface area contributed by atoms with Gasteiger partial charge in [-0.25, -0.2) is 0 Å². The second-order valence-corrected chi connectivity index (χ2v) is 6.33. The van der Waals surface area contributed by atoms with Gasteiger partial charge < -0.3 is 9.84 Å². The van der Waals surface area contributed by atoms with Gasteiger partial charge in [0.2, 0.25) is 5.79 Å². The molecule has 0 aromatic rings. The summed E-state index contributed by atoms with van der Waals surface area (Å²) in [6, 6.07) is 0. The van der Waals surface area contributed by atoms with Crippen molar-refractivity contribution >= 4 is 0 Å². The molecule has 2 heterocycles. The zero-order chi connectivity index (χ0) is 12.4. The maximum atomic E-state index is 10.7. The third kappa shape index (κ3) is 1.28. The number of ether oxygens (including phenoxy) is 1. The highest BCUT2D eigenvalue weighted by atomic mass is 16.6. The van der Waals surface area contributed by atoms with Gasteiger partial charge in [0.1, 0.15) is 0 Å². The summed E-state index contributed by atoms with van der Waals surface area (Å²) in [6.07, 6.45) is 5.27. The lowest BCUT2D eigenvalue weighted by molar-refractivity contribution is -0.209. The summed E-state index contributed by atoms with van der Waals surface area (Å²) in [5, 5.41) is 10.7. The third-order valence-corrected chi connectivity index (χ3v) is 5.12. The van der Waals surface area contributed by atoms with E-state index in [0.717, 1.165) is 12.0 Å². The minimum atomic E-state index is -1.11. The first-order valence-corrected chi connectivity index (χ1v) is 6.68. The lowest BCUT2D eigenvalue weighted by Gasteiger charge is -2.40. The van der Waals surface area contributed by atoms with Crippen LogP contribution in [0.3, 0.4) is 0 Å². The minimum absolute atomic E-state index is 0.125. The van der Waals surface area contributed by atoms with Gasteiger partial charge in [0, 0.05) is 12.3 Å². The van der Waals surface area contributed by atoms with Gasteiger partial charge in [0.15, 0.2) is 0 Å². The Morgan fingerprint density at radius 3 is 2.76 bits per heavy atom. The molecule has 94 valence electrons. The van der Waals surface area contributed by atoms with E-state index in [4.69, 9.17) is 4.74 Å². The Morgan fingerprint density at radius 2 is 2.12 bits per heavy atom. The van der Waals surface area contributed by atoms with Crippen LogP contribution >= 0.6 is 0 Å². The van der Waals surface area contributed by atoms with Crippen LogP contribution in [0.25, 0.3) is 0 Å². The molecule has 2 nitrogen and oxygen atoms in total. The van der Waals surface area contributed by atoms with E-state index in [0.29, 0.717) is 11.8 Å².